The Morgan fingerprint density at radius 3 is 2.55 bits per heavy atom. The van der Waals surface area contributed by atoms with E-state index in [0.29, 0.717) is 22.4 Å². The summed E-state index contributed by atoms with van der Waals surface area (Å²) in [4.78, 5) is 25.9. The van der Waals surface area contributed by atoms with E-state index in [0.717, 1.165) is 59.7 Å². The lowest BCUT2D eigenvalue weighted by Crippen LogP contribution is -2.29. The molecule has 1 unspecified atom stereocenters. The summed E-state index contributed by atoms with van der Waals surface area (Å²) in [5.74, 6) is 1.12. The van der Waals surface area contributed by atoms with Crippen LogP contribution in [0.5, 0.6) is 5.75 Å². The number of halogens is 3. The molecule has 4 aromatic rings. The van der Waals surface area contributed by atoms with Gasteiger partial charge in [-0.2, -0.15) is 0 Å². The molecule has 0 radical (unpaired) electrons. The van der Waals surface area contributed by atoms with Crippen molar-refractivity contribution in [1.82, 2.24) is 25.2 Å². The van der Waals surface area contributed by atoms with Gasteiger partial charge in [-0.25, -0.2) is 14.4 Å². The Labute approximate surface area is 255 Å². The first kappa shape index (κ1) is 32.9. The molecule has 1 atom stereocenters. The van der Waals surface area contributed by atoms with Crippen LogP contribution < -0.4 is 25.6 Å². The maximum atomic E-state index is 10.8. The second kappa shape index (κ2) is 16.1. The summed E-state index contributed by atoms with van der Waals surface area (Å²) < 4.78 is 16.6. The first-order chi connectivity index (χ1) is 20.2. The summed E-state index contributed by atoms with van der Waals surface area (Å²) in [6, 6.07) is 12.1. The van der Waals surface area contributed by atoms with Crippen LogP contribution in [0.1, 0.15) is 0 Å². The molecule has 4 rings (SSSR count). The summed E-state index contributed by atoms with van der Waals surface area (Å²) in [6.45, 7) is 3.42. The number of H-pyrrole nitrogens is 1. The predicted molar refractivity (Wildman–Crippen MR) is 172 cm³/mol. The number of hydrogen-bond acceptors (Lipinski definition) is 9. The number of methoxy groups -OCH3 is 1. The maximum Gasteiger partial charge on any atom is 0.228 e. The van der Waals surface area contributed by atoms with E-state index in [2.05, 4.69) is 68.5 Å². The fourth-order valence-electron chi connectivity index (χ4n) is 4.09. The number of aromatic amines is 1. The van der Waals surface area contributed by atoms with Gasteiger partial charge >= 0.3 is 0 Å². The van der Waals surface area contributed by atoms with Crippen LogP contribution in [0.25, 0.3) is 22.2 Å². The summed E-state index contributed by atoms with van der Waals surface area (Å²) in [7, 11) is 9.84. The van der Waals surface area contributed by atoms with Crippen LogP contribution in [0, 0.1) is 0 Å². The zero-order valence-electron chi connectivity index (χ0n) is 24.3. The van der Waals surface area contributed by atoms with E-state index in [9.17, 15) is 4.39 Å². The van der Waals surface area contributed by atoms with Crippen LogP contribution in [0.2, 0.25) is 5.02 Å². The molecule has 0 fully saturated rings. The van der Waals surface area contributed by atoms with E-state index in [1.165, 1.54) is 0 Å². The Morgan fingerprint density at radius 1 is 1.14 bits per heavy atom. The van der Waals surface area contributed by atoms with Crippen LogP contribution in [0.3, 0.4) is 0 Å². The smallest absolute Gasteiger partial charge is 0.228 e. The van der Waals surface area contributed by atoms with E-state index < -0.39 is 5.63 Å². The van der Waals surface area contributed by atoms with Crippen molar-refractivity contribution < 1.29 is 13.9 Å². The highest BCUT2D eigenvalue weighted by Gasteiger charge is 2.17. The molecule has 42 heavy (non-hydrogen) atoms. The lowest BCUT2D eigenvalue weighted by atomic mass is 10.1. The second-order valence-electron chi connectivity index (χ2n) is 9.56. The highest BCUT2D eigenvalue weighted by atomic mass is 35.5. The van der Waals surface area contributed by atoms with Crippen LogP contribution in [0.15, 0.2) is 48.8 Å². The van der Waals surface area contributed by atoms with Gasteiger partial charge in [-0.05, 0) is 33.3 Å². The number of anilines is 4. The molecule has 0 spiro atoms. The van der Waals surface area contributed by atoms with Gasteiger partial charge in [-0.3, -0.25) is 4.79 Å². The van der Waals surface area contributed by atoms with Crippen LogP contribution in [0.4, 0.5) is 27.4 Å². The Hall–Kier alpha value is -3.64. The molecule has 0 saturated heterocycles. The molecule has 2 heterocycles. The van der Waals surface area contributed by atoms with Crippen LogP contribution in [-0.2, 0) is 4.79 Å². The van der Waals surface area contributed by atoms with Gasteiger partial charge in [0, 0.05) is 62.0 Å². The van der Waals surface area contributed by atoms with Crippen molar-refractivity contribution in [3.8, 4) is 17.0 Å². The topological polar surface area (TPSA) is 110 Å². The third-order valence-corrected chi connectivity index (χ3v) is 6.62. The number of fused-ring (bicyclic) bond motifs is 1. The van der Waals surface area contributed by atoms with Crippen molar-refractivity contribution >= 4 is 63.4 Å². The predicted octanol–water partition coefficient (Wildman–Crippen LogP) is 5.38. The molecular formula is C29H37Cl2FN8O2. The molecular weight excluding hydrogens is 582 g/mol. The standard InChI is InChI=1S/C27H35ClN8O.C2H2ClFO/c1-29-10-11-30-22-14-23(25(37-5)15-24(22)36(4)13-12-35(2)3)33-27-32-17-20(28)26(34-27)19-16-31-21-9-7-6-8-18(19)21;3-2(4)1-5/h6-9,14-17,29-31H,10-13H2,1-5H3,(H,32,33,34);1-2H. The molecule has 2 aromatic carbocycles. The third-order valence-electron chi connectivity index (χ3n) is 6.24. The Bertz CT molecular complexity index is 1450. The quantitative estimate of drug-likeness (QED) is 0.0891. The lowest BCUT2D eigenvalue weighted by Gasteiger charge is -2.26. The van der Waals surface area contributed by atoms with Gasteiger partial charge in [0.1, 0.15) is 5.75 Å². The van der Waals surface area contributed by atoms with Crippen molar-refractivity contribution in [2.45, 2.75) is 5.63 Å². The van der Waals surface area contributed by atoms with Gasteiger partial charge in [0.05, 0.1) is 41.1 Å². The van der Waals surface area contributed by atoms with Gasteiger partial charge in [-0.1, -0.05) is 41.4 Å². The molecule has 2 aromatic heterocycles. The van der Waals surface area contributed by atoms with E-state index in [4.69, 9.17) is 26.1 Å². The van der Waals surface area contributed by atoms with Gasteiger partial charge in [-0.15, -0.1) is 0 Å². The minimum Gasteiger partial charge on any atom is -0.494 e. The highest BCUT2D eigenvalue weighted by Crippen LogP contribution is 2.38. The van der Waals surface area contributed by atoms with E-state index in [1.54, 1.807) is 13.3 Å². The Morgan fingerprint density at radius 2 is 1.88 bits per heavy atom. The first-order valence-corrected chi connectivity index (χ1v) is 14.1. The number of hydrogen-bond donors (Lipinski definition) is 4. The molecule has 0 amide bonds. The molecule has 0 aliphatic rings. The number of benzene rings is 2. The Balaban J connectivity index is 0.000000892. The first-order valence-electron chi connectivity index (χ1n) is 13.2. The average molecular weight is 620 g/mol. The molecule has 13 heteroatoms. The maximum absolute atomic E-state index is 10.8. The number of alkyl halides is 2. The summed E-state index contributed by atoms with van der Waals surface area (Å²) in [6.07, 6.45) is 3.56. The summed E-state index contributed by atoms with van der Waals surface area (Å²) in [5.41, 5.74) is 3.58. The third kappa shape index (κ3) is 8.93. The minimum absolute atomic E-state index is 0.0154. The average Bonchev–Trinajstić information content (AvgIpc) is 3.41. The monoisotopic (exact) mass is 618 g/mol. The zero-order valence-corrected chi connectivity index (χ0v) is 25.9. The number of nitrogens with zero attached hydrogens (tertiary/aromatic N) is 4. The fourth-order valence-corrected chi connectivity index (χ4v) is 4.28. The largest absolute Gasteiger partial charge is 0.494 e. The number of carbonyl (C=O) groups is 1. The van der Waals surface area contributed by atoms with Crippen molar-refractivity contribution in [3.05, 3.63) is 53.8 Å². The Kier molecular flexibility index (Phi) is 12.6. The van der Waals surface area contributed by atoms with Crippen molar-refractivity contribution in [2.24, 2.45) is 0 Å². The van der Waals surface area contributed by atoms with Crippen molar-refractivity contribution in [2.75, 3.05) is 77.0 Å². The SMILES string of the molecule is CNCCNc1cc(Nc2ncc(Cl)c(-c3c[nH]c4ccccc34)n2)c(OC)cc1N(C)CCN(C)C.O=CC(F)Cl. The number of para-hydroxylation sites is 1. The van der Waals surface area contributed by atoms with Crippen molar-refractivity contribution in [1.29, 1.82) is 0 Å². The van der Waals surface area contributed by atoms with Crippen LogP contribution in [-0.4, -0.2) is 93.2 Å². The molecule has 4 N–H and O–H groups in total. The van der Waals surface area contributed by atoms with E-state index >= 15 is 0 Å². The van der Waals surface area contributed by atoms with Gasteiger partial charge in [0.2, 0.25) is 11.6 Å². The minimum atomic E-state index is -1.82. The van der Waals surface area contributed by atoms with E-state index in [-0.39, 0.29) is 6.29 Å². The molecule has 226 valence electrons. The molecule has 0 aliphatic heterocycles. The lowest BCUT2D eigenvalue weighted by molar-refractivity contribution is -0.109. The normalized spacial score (nSPS) is 11.5. The molecule has 10 nitrogen and oxygen atoms in total. The van der Waals surface area contributed by atoms with Gasteiger partial charge in [0.15, 0.2) is 6.29 Å². The molecule has 0 saturated carbocycles. The summed E-state index contributed by atoms with van der Waals surface area (Å²) >= 11 is 11.0. The van der Waals surface area contributed by atoms with Gasteiger partial charge < -0.3 is 35.5 Å². The van der Waals surface area contributed by atoms with E-state index in [1.807, 2.05) is 49.6 Å². The zero-order chi connectivity index (χ0) is 30.6. The number of aromatic nitrogens is 3. The summed E-state index contributed by atoms with van der Waals surface area (Å²) in [5, 5.41) is 11.6. The number of rotatable bonds is 13. The molecule has 0 bridgehead atoms. The number of ether oxygens (including phenoxy) is 1. The second-order valence-corrected chi connectivity index (χ2v) is 10.4. The number of nitrogens with one attached hydrogen (secondary N) is 4. The number of carbonyl (C=O) groups excluding carboxylic acids is 1. The number of likely N-dealkylation sites (N-methyl/N-ethyl adjacent to an activating group) is 3. The van der Waals surface area contributed by atoms with Gasteiger partial charge in [0.25, 0.3) is 0 Å². The highest BCUT2D eigenvalue weighted by molar-refractivity contribution is 6.33. The van der Waals surface area contributed by atoms with Crippen molar-refractivity contribution in [3.63, 3.8) is 0 Å². The van der Waals surface area contributed by atoms with Crippen LogP contribution >= 0.6 is 23.2 Å². The number of aldehydes is 1. The molecule has 0 aliphatic carbocycles. The fraction of sp³-hybridized carbons (Fsp3) is 0.345.